The van der Waals surface area contributed by atoms with E-state index in [2.05, 4.69) is 30.6 Å². The van der Waals surface area contributed by atoms with Crippen LogP contribution in [0.15, 0.2) is 0 Å². The van der Waals surface area contributed by atoms with Crippen molar-refractivity contribution in [1.29, 1.82) is 5.41 Å². The summed E-state index contributed by atoms with van der Waals surface area (Å²) in [6, 6.07) is 1.17. The molecule has 17 heavy (non-hydrogen) atoms. The third-order valence-corrected chi connectivity index (χ3v) is 3.97. The van der Waals surface area contributed by atoms with Gasteiger partial charge in [0.2, 0.25) is 0 Å². The van der Waals surface area contributed by atoms with E-state index in [1.54, 1.807) is 0 Å². The molecule has 0 amide bonds. The Balaban J connectivity index is 2.50. The van der Waals surface area contributed by atoms with Crippen molar-refractivity contribution < 1.29 is 0 Å². The van der Waals surface area contributed by atoms with E-state index in [0.717, 1.165) is 39.0 Å². The molecule has 1 saturated heterocycles. The van der Waals surface area contributed by atoms with Gasteiger partial charge < -0.3 is 5.73 Å². The molecule has 0 radical (unpaired) electrons. The predicted octanol–water partition coefficient (Wildman–Crippen LogP) is 1.51. The Bertz CT molecular complexity index is 238. The number of rotatable bonds is 7. The van der Waals surface area contributed by atoms with Crippen molar-refractivity contribution in [2.75, 3.05) is 26.2 Å². The lowest BCUT2D eigenvalue weighted by molar-refractivity contribution is 0.186. The molecule has 1 heterocycles. The number of likely N-dealkylation sites (N-methyl/N-ethyl adjacent to an activating group) is 1. The van der Waals surface area contributed by atoms with Crippen molar-refractivity contribution in [3.05, 3.63) is 0 Å². The molecular weight excluding hydrogens is 212 g/mol. The van der Waals surface area contributed by atoms with Crippen LogP contribution in [0, 0.1) is 5.41 Å². The van der Waals surface area contributed by atoms with Crippen LogP contribution in [0.1, 0.15) is 40.0 Å². The third-order valence-electron chi connectivity index (χ3n) is 3.97. The first-order valence-electron chi connectivity index (χ1n) is 6.93. The van der Waals surface area contributed by atoms with Crippen LogP contribution in [0.4, 0.5) is 0 Å². The minimum absolute atomic E-state index is 0.322. The summed E-state index contributed by atoms with van der Waals surface area (Å²) in [5, 5.41) is 7.44. The molecule has 1 rings (SSSR count). The van der Waals surface area contributed by atoms with Crippen molar-refractivity contribution in [2.45, 2.75) is 52.1 Å². The van der Waals surface area contributed by atoms with Crippen LogP contribution < -0.4 is 5.73 Å². The van der Waals surface area contributed by atoms with Crippen LogP contribution in [0.3, 0.4) is 0 Å². The van der Waals surface area contributed by atoms with Crippen LogP contribution >= 0.6 is 0 Å². The molecule has 0 saturated carbocycles. The largest absolute Gasteiger partial charge is 0.388 e. The van der Waals surface area contributed by atoms with E-state index in [0.29, 0.717) is 17.9 Å². The van der Waals surface area contributed by atoms with Gasteiger partial charge in [0.25, 0.3) is 0 Å². The lowest BCUT2D eigenvalue weighted by Gasteiger charge is -2.29. The van der Waals surface area contributed by atoms with Gasteiger partial charge in [-0.15, -0.1) is 0 Å². The quantitative estimate of drug-likeness (QED) is 0.524. The van der Waals surface area contributed by atoms with Crippen molar-refractivity contribution in [1.82, 2.24) is 9.80 Å². The highest BCUT2D eigenvalue weighted by Gasteiger charge is 2.29. The molecule has 2 unspecified atom stereocenters. The molecule has 0 aliphatic carbocycles. The van der Waals surface area contributed by atoms with Crippen LogP contribution in [0.25, 0.3) is 0 Å². The molecular formula is C13H28N4. The van der Waals surface area contributed by atoms with Gasteiger partial charge in [0.05, 0.1) is 5.84 Å². The summed E-state index contributed by atoms with van der Waals surface area (Å²) in [4.78, 5) is 5.06. The van der Waals surface area contributed by atoms with Crippen LogP contribution in [-0.2, 0) is 0 Å². The molecule has 0 aromatic heterocycles. The van der Waals surface area contributed by atoms with Gasteiger partial charge in [-0.05, 0) is 25.9 Å². The Hall–Kier alpha value is -0.610. The zero-order chi connectivity index (χ0) is 12.8. The second-order valence-electron chi connectivity index (χ2n) is 4.95. The maximum Gasteiger partial charge on any atom is 0.0921 e. The first kappa shape index (κ1) is 14.5. The fourth-order valence-corrected chi connectivity index (χ4v) is 2.92. The van der Waals surface area contributed by atoms with Crippen molar-refractivity contribution in [3.63, 3.8) is 0 Å². The highest BCUT2D eigenvalue weighted by atomic mass is 15.3. The van der Waals surface area contributed by atoms with Gasteiger partial charge >= 0.3 is 0 Å². The number of likely N-dealkylation sites (tertiary alicyclic amines) is 1. The van der Waals surface area contributed by atoms with Gasteiger partial charge in [-0.3, -0.25) is 15.2 Å². The van der Waals surface area contributed by atoms with E-state index >= 15 is 0 Å². The molecule has 4 heteroatoms. The van der Waals surface area contributed by atoms with Crippen molar-refractivity contribution in [2.24, 2.45) is 5.73 Å². The van der Waals surface area contributed by atoms with Gasteiger partial charge in [-0.25, -0.2) is 0 Å². The van der Waals surface area contributed by atoms with Gasteiger partial charge in [0.1, 0.15) is 0 Å². The second-order valence-corrected chi connectivity index (χ2v) is 4.95. The summed E-state index contributed by atoms with van der Waals surface area (Å²) >= 11 is 0. The third kappa shape index (κ3) is 3.96. The summed E-state index contributed by atoms with van der Waals surface area (Å²) in [6.45, 7) is 11.2. The molecule has 3 N–H and O–H groups in total. The molecule has 1 aliphatic heterocycles. The first-order valence-corrected chi connectivity index (χ1v) is 6.93. The Morgan fingerprint density at radius 3 is 2.53 bits per heavy atom. The minimum atomic E-state index is 0.322. The van der Waals surface area contributed by atoms with Gasteiger partial charge in [-0.2, -0.15) is 0 Å². The lowest BCUT2D eigenvalue weighted by atomic mass is 10.1. The number of amidine groups is 1. The average Bonchev–Trinajstić information content (AvgIpc) is 2.76. The molecule has 100 valence electrons. The SMILES string of the molecule is CCC(CC(=N)N)N1CCC(N(CC)CC)C1. The van der Waals surface area contributed by atoms with Crippen molar-refractivity contribution in [3.8, 4) is 0 Å². The van der Waals surface area contributed by atoms with E-state index in [4.69, 9.17) is 11.1 Å². The maximum atomic E-state index is 7.44. The molecule has 4 nitrogen and oxygen atoms in total. The lowest BCUT2D eigenvalue weighted by Crippen LogP contribution is -2.41. The normalized spacial score (nSPS) is 23.2. The summed E-state index contributed by atoms with van der Waals surface area (Å²) in [7, 11) is 0. The summed E-state index contributed by atoms with van der Waals surface area (Å²) in [5.41, 5.74) is 5.53. The number of hydrogen-bond acceptors (Lipinski definition) is 3. The van der Waals surface area contributed by atoms with Gasteiger partial charge in [0, 0.05) is 31.6 Å². The molecule has 0 spiro atoms. The molecule has 2 atom stereocenters. The minimum Gasteiger partial charge on any atom is -0.388 e. The van der Waals surface area contributed by atoms with Gasteiger partial charge in [0.15, 0.2) is 0 Å². The number of nitrogens with one attached hydrogen (secondary N) is 1. The number of nitrogens with two attached hydrogens (primary N) is 1. The molecule has 0 aromatic carbocycles. The van der Waals surface area contributed by atoms with Crippen LogP contribution in [0.5, 0.6) is 0 Å². The van der Waals surface area contributed by atoms with Crippen LogP contribution in [0.2, 0.25) is 0 Å². The average molecular weight is 240 g/mol. The summed E-state index contributed by atoms with van der Waals surface area (Å²) in [5.74, 6) is 0.322. The highest BCUT2D eigenvalue weighted by molar-refractivity contribution is 5.77. The molecule has 1 aliphatic rings. The van der Waals surface area contributed by atoms with Crippen LogP contribution in [-0.4, -0.2) is 53.9 Å². The molecule has 0 bridgehead atoms. The predicted molar refractivity (Wildman–Crippen MR) is 73.5 cm³/mol. The Morgan fingerprint density at radius 1 is 1.41 bits per heavy atom. The zero-order valence-corrected chi connectivity index (χ0v) is 11.6. The summed E-state index contributed by atoms with van der Waals surface area (Å²) < 4.78 is 0. The Morgan fingerprint density at radius 2 is 2.06 bits per heavy atom. The van der Waals surface area contributed by atoms with E-state index in [1.807, 2.05) is 0 Å². The van der Waals surface area contributed by atoms with Crippen molar-refractivity contribution >= 4 is 5.84 Å². The zero-order valence-electron chi connectivity index (χ0n) is 11.6. The van der Waals surface area contributed by atoms with E-state index in [-0.39, 0.29) is 0 Å². The molecule has 0 aromatic rings. The summed E-state index contributed by atoms with van der Waals surface area (Å²) in [6.07, 6.45) is 3.07. The monoisotopic (exact) mass is 240 g/mol. The van der Waals surface area contributed by atoms with E-state index in [9.17, 15) is 0 Å². The number of nitrogens with zero attached hydrogens (tertiary/aromatic N) is 2. The fraction of sp³-hybridized carbons (Fsp3) is 0.923. The van der Waals surface area contributed by atoms with Gasteiger partial charge in [-0.1, -0.05) is 20.8 Å². The Labute approximate surface area is 106 Å². The molecule has 1 fully saturated rings. The van der Waals surface area contributed by atoms with E-state index in [1.165, 1.54) is 6.42 Å². The number of hydrogen-bond donors (Lipinski definition) is 2. The fourth-order valence-electron chi connectivity index (χ4n) is 2.92. The van der Waals surface area contributed by atoms with E-state index < -0.39 is 0 Å². The standard InChI is InChI=1S/C13H28N4/c1-4-11(9-13(14)15)17-8-7-12(10-17)16(5-2)6-3/h11-12H,4-10H2,1-3H3,(H3,14,15). The maximum absolute atomic E-state index is 7.44. The Kier molecular flexibility index (Phi) is 5.92. The smallest absolute Gasteiger partial charge is 0.0921 e. The highest BCUT2D eigenvalue weighted by Crippen LogP contribution is 2.20. The second kappa shape index (κ2) is 6.97. The topological polar surface area (TPSA) is 56.4 Å². The first-order chi connectivity index (χ1) is 8.12.